The van der Waals surface area contributed by atoms with E-state index in [9.17, 15) is 14.9 Å². The van der Waals surface area contributed by atoms with Gasteiger partial charge in [0, 0.05) is 11.7 Å². The summed E-state index contributed by atoms with van der Waals surface area (Å²) in [5.74, 6) is 0.0556. The number of benzene rings is 1. The van der Waals surface area contributed by atoms with Crippen molar-refractivity contribution in [2.45, 2.75) is 51.6 Å². The maximum atomic E-state index is 12.1. The topological polar surface area (TPSA) is 94.0 Å². The summed E-state index contributed by atoms with van der Waals surface area (Å²) < 4.78 is 0. The molecule has 1 unspecified atom stereocenters. The van der Waals surface area contributed by atoms with Gasteiger partial charge in [0.25, 0.3) is 0 Å². The first kappa shape index (κ1) is 18.8. The van der Waals surface area contributed by atoms with Gasteiger partial charge >= 0.3 is 0 Å². The first-order chi connectivity index (χ1) is 11.8. The molecule has 1 atom stereocenters. The minimum Gasteiger partial charge on any atom is -0.376 e. The fraction of sp³-hybridized carbons (Fsp3) is 0.526. The summed E-state index contributed by atoms with van der Waals surface area (Å²) in [5.41, 5.74) is 0.944. The molecule has 6 heteroatoms. The highest BCUT2D eigenvalue weighted by molar-refractivity contribution is 5.82. The van der Waals surface area contributed by atoms with Crippen LogP contribution in [0.2, 0.25) is 0 Å². The number of anilines is 1. The first-order valence-electron chi connectivity index (χ1n) is 8.67. The summed E-state index contributed by atoms with van der Waals surface area (Å²) in [7, 11) is 0. The van der Waals surface area contributed by atoms with E-state index in [-0.39, 0.29) is 30.3 Å². The van der Waals surface area contributed by atoms with Gasteiger partial charge in [0.1, 0.15) is 5.54 Å². The Hall–Kier alpha value is -2.55. The Balaban J connectivity index is 1.80. The Morgan fingerprint density at radius 1 is 1.24 bits per heavy atom. The van der Waals surface area contributed by atoms with E-state index in [4.69, 9.17) is 0 Å². The van der Waals surface area contributed by atoms with Crippen LogP contribution >= 0.6 is 0 Å². The molecule has 3 N–H and O–H groups in total. The fourth-order valence-corrected chi connectivity index (χ4v) is 2.70. The largest absolute Gasteiger partial charge is 0.376 e. The van der Waals surface area contributed by atoms with Crippen molar-refractivity contribution in [1.29, 1.82) is 5.26 Å². The molecule has 0 bridgehead atoms. The molecular weight excluding hydrogens is 316 g/mol. The lowest BCUT2D eigenvalue weighted by Crippen LogP contribution is -2.48. The van der Waals surface area contributed by atoms with Gasteiger partial charge in [-0.25, -0.2) is 0 Å². The number of amides is 2. The predicted molar refractivity (Wildman–Crippen MR) is 96.8 cm³/mol. The van der Waals surface area contributed by atoms with Crippen LogP contribution in [0.1, 0.15) is 39.2 Å². The molecule has 2 amide bonds. The molecule has 0 saturated heterocycles. The summed E-state index contributed by atoms with van der Waals surface area (Å²) in [6.45, 7) is 5.74. The highest BCUT2D eigenvalue weighted by Gasteiger charge is 2.42. The van der Waals surface area contributed by atoms with Crippen LogP contribution in [0.25, 0.3) is 0 Å². The van der Waals surface area contributed by atoms with Crippen LogP contribution in [-0.4, -0.2) is 29.9 Å². The molecule has 2 rings (SSSR count). The number of nitrogens with zero attached hydrogens (tertiary/aromatic N) is 1. The van der Waals surface area contributed by atoms with Gasteiger partial charge in [-0.2, -0.15) is 5.26 Å². The number of rotatable bonds is 8. The van der Waals surface area contributed by atoms with Gasteiger partial charge in [-0.1, -0.05) is 12.1 Å². The summed E-state index contributed by atoms with van der Waals surface area (Å²) in [6, 6.07) is 9.75. The van der Waals surface area contributed by atoms with Gasteiger partial charge in [-0.3, -0.25) is 9.59 Å². The molecule has 25 heavy (non-hydrogen) atoms. The van der Waals surface area contributed by atoms with Crippen molar-refractivity contribution in [2.75, 3.05) is 11.9 Å². The van der Waals surface area contributed by atoms with Gasteiger partial charge in [-0.05, 0) is 57.2 Å². The van der Waals surface area contributed by atoms with Crippen LogP contribution in [0, 0.1) is 17.2 Å². The van der Waals surface area contributed by atoms with E-state index < -0.39 is 5.54 Å². The third-order valence-corrected chi connectivity index (χ3v) is 4.25. The maximum Gasteiger partial charge on any atom is 0.240 e. The maximum absolute atomic E-state index is 12.1. The van der Waals surface area contributed by atoms with E-state index in [1.54, 1.807) is 6.92 Å². The Bertz CT molecular complexity index is 659. The van der Waals surface area contributed by atoms with Crippen molar-refractivity contribution < 1.29 is 9.59 Å². The number of carbonyl (C=O) groups is 2. The van der Waals surface area contributed by atoms with Crippen molar-refractivity contribution in [2.24, 2.45) is 5.92 Å². The lowest BCUT2D eigenvalue weighted by Gasteiger charge is -2.23. The lowest BCUT2D eigenvalue weighted by atomic mass is 9.98. The molecule has 0 spiro atoms. The summed E-state index contributed by atoms with van der Waals surface area (Å²) in [5, 5.41) is 18.0. The number of nitriles is 1. The normalized spacial score (nSPS) is 15.8. The molecule has 134 valence electrons. The highest BCUT2D eigenvalue weighted by atomic mass is 16.2. The molecule has 6 nitrogen and oxygen atoms in total. The molecular formula is C19H26N4O2. The van der Waals surface area contributed by atoms with Crippen molar-refractivity contribution in [3.05, 3.63) is 29.8 Å². The Morgan fingerprint density at radius 2 is 1.88 bits per heavy atom. The SMILES string of the molecule is CC(C)NC(=O)Cc1ccc(NCC(=O)NC(C)(C#N)C2CC2)cc1. The number of carbonyl (C=O) groups excluding carboxylic acids is 2. The second-order valence-corrected chi connectivity index (χ2v) is 7.09. The molecule has 1 aromatic rings. The van der Waals surface area contributed by atoms with Crippen molar-refractivity contribution in [1.82, 2.24) is 10.6 Å². The zero-order chi connectivity index (χ0) is 18.4. The molecule has 1 aliphatic rings. The van der Waals surface area contributed by atoms with Crippen LogP contribution in [0.5, 0.6) is 0 Å². The first-order valence-corrected chi connectivity index (χ1v) is 8.67. The number of nitrogens with one attached hydrogen (secondary N) is 3. The van der Waals surface area contributed by atoms with Crippen molar-refractivity contribution >= 4 is 17.5 Å². The van der Waals surface area contributed by atoms with E-state index in [0.29, 0.717) is 6.42 Å². The summed E-state index contributed by atoms with van der Waals surface area (Å²) in [6.07, 6.45) is 2.31. The molecule has 1 aromatic carbocycles. The van der Waals surface area contributed by atoms with Crippen LogP contribution < -0.4 is 16.0 Å². The lowest BCUT2D eigenvalue weighted by molar-refractivity contribution is -0.121. The van der Waals surface area contributed by atoms with Gasteiger partial charge in [-0.15, -0.1) is 0 Å². The zero-order valence-electron chi connectivity index (χ0n) is 15.1. The van der Waals surface area contributed by atoms with E-state index in [2.05, 4.69) is 22.0 Å². The molecule has 0 aliphatic heterocycles. The van der Waals surface area contributed by atoms with Crippen molar-refractivity contribution in [3.63, 3.8) is 0 Å². The van der Waals surface area contributed by atoms with E-state index in [0.717, 1.165) is 24.1 Å². The van der Waals surface area contributed by atoms with Gasteiger partial charge in [0.05, 0.1) is 19.0 Å². The average Bonchev–Trinajstić information content (AvgIpc) is 3.38. The molecule has 0 radical (unpaired) electrons. The predicted octanol–water partition coefficient (Wildman–Crippen LogP) is 1.97. The van der Waals surface area contributed by atoms with E-state index in [1.165, 1.54) is 0 Å². The molecule has 1 fully saturated rings. The number of hydrogen-bond acceptors (Lipinski definition) is 4. The minimum atomic E-state index is -0.771. The van der Waals surface area contributed by atoms with Gasteiger partial charge < -0.3 is 16.0 Å². The molecule has 0 heterocycles. The average molecular weight is 342 g/mol. The molecule has 1 aliphatic carbocycles. The second kappa shape index (κ2) is 8.02. The monoisotopic (exact) mass is 342 g/mol. The quantitative estimate of drug-likeness (QED) is 0.673. The third kappa shape index (κ3) is 5.79. The fourth-order valence-electron chi connectivity index (χ4n) is 2.70. The second-order valence-electron chi connectivity index (χ2n) is 7.09. The minimum absolute atomic E-state index is 0.00838. The van der Waals surface area contributed by atoms with Gasteiger partial charge in [0.15, 0.2) is 0 Å². The molecule has 0 aromatic heterocycles. The Morgan fingerprint density at radius 3 is 2.40 bits per heavy atom. The zero-order valence-corrected chi connectivity index (χ0v) is 15.1. The van der Waals surface area contributed by atoms with Crippen LogP contribution in [0.3, 0.4) is 0 Å². The van der Waals surface area contributed by atoms with Crippen molar-refractivity contribution in [3.8, 4) is 6.07 Å². The van der Waals surface area contributed by atoms with Crippen LogP contribution in [0.4, 0.5) is 5.69 Å². The van der Waals surface area contributed by atoms with Crippen LogP contribution in [0.15, 0.2) is 24.3 Å². The molecule has 1 saturated carbocycles. The third-order valence-electron chi connectivity index (χ3n) is 4.25. The van der Waals surface area contributed by atoms with Gasteiger partial charge in [0.2, 0.25) is 11.8 Å². The Kier molecular flexibility index (Phi) is 6.02. The smallest absolute Gasteiger partial charge is 0.240 e. The standard InChI is InChI=1S/C19H26N4O2/c1-13(2)22-17(24)10-14-4-8-16(9-5-14)21-11-18(25)23-19(3,12-20)15-6-7-15/h4-5,8-9,13,15,21H,6-7,10-11H2,1-3H3,(H,22,24)(H,23,25). The van der Waals surface area contributed by atoms with Crippen LogP contribution in [-0.2, 0) is 16.0 Å². The summed E-state index contributed by atoms with van der Waals surface area (Å²) >= 11 is 0. The number of hydrogen-bond donors (Lipinski definition) is 3. The highest BCUT2D eigenvalue weighted by Crippen LogP contribution is 2.39. The van der Waals surface area contributed by atoms with E-state index >= 15 is 0 Å². The van der Waals surface area contributed by atoms with E-state index in [1.807, 2.05) is 38.1 Å². The summed E-state index contributed by atoms with van der Waals surface area (Å²) in [4.78, 5) is 23.8. The Labute approximate surface area is 149 Å².